The monoisotopic (exact) mass is 281 g/mol. The second-order valence-corrected chi connectivity index (χ2v) is 7.04. The third-order valence-electron chi connectivity index (χ3n) is 5.13. The van der Waals surface area contributed by atoms with Crippen LogP contribution in [0.5, 0.6) is 0 Å². The maximum atomic E-state index is 12.5. The lowest BCUT2D eigenvalue weighted by Crippen LogP contribution is -2.43. The summed E-state index contributed by atoms with van der Waals surface area (Å²) in [5, 5.41) is 0. The molecule has 3 nitrogen and oxygen atoms in total. The molecule has 0 radical (unpaired) electrons. The van der Waals surface area contributed by atoms with Gasteiger partial charge in [-0.25, -0.2) is 0 Å². The largest absolute Gasteiger partial charge is 0.368 e. The third-order valence-corrected chi connectivity index (χ3v) is 5.13. The molecule has 0 N–H and O–H groups in total. The van der Waals surface area contributed by atoms with E-state index in [1.807, 2.05) is 0 Å². The fourth-order valence-electron chi connectivity index (χ4n) is 3.66. The van der Waals surface area contributed by atoms with Crippen LogP contribution in [0.3, 0.4) is 0 Å². The quantitative estimate of drug-likeness (QED) is 0.790. The average Bonchev–Trinajstić information content (AvgIpc) is 2.59. The Morgan fingerprint density at radius 3 is 2.55 bits per heavy atom. The van der Waals surface area contributed by atoms with Crippen molar-refractivity contribution in [1.29, 1.82) is 0 Å². The number of nitrogens with zero attached hydrogens (tertiary/aromatic N) is 1. The molecule has 116 valence electrons. The third kappa shape index (κ3) is 4.21. The maximum absolute atomic E-state index is 12.5. The van der Waals surface area contributed by atoms with Crippen molar-refractivity contribution < 1.29 is 9.53 Å². The highest BCUT2D eigenvalue weighted by Gasteiger charge is 2.27. The highest BCUT2D eigenvalue weighted by atomic mass is 16.5. The van der Waals surface area contributed by atoms with Crippen LogP contribution in [-0.4, -0.2) is 36.1 Å². The van der Waals surface area contributed by atoms with Gasteiger partial charge in [-0.15, -0.1) is 0 Å². The molecule has 1 heterocycles. The molecule has 2 fully saturated rings. The lowest BCUT2D eigenvalue weighted by Gasteiger charge is -2.32. The highest BCUT2D eigenvalue weighted by Crippen LogP contribution is 2.26. The van der Waals surface area contributed by atoms with E-state index in [0.29, 0.717) is 24.0 Å². The molecule has 0 bridgehead atoms. The summed E-state index contributed by atoms with van der Waals surface area (Å²) in [6.07, 6.45) is 8.86. The zero-order valence-corrected chi connectivity index (χ0v) is 13.4. The van der Waals surface area contributed by atoms with E-state index in [4.69, 9.17) is 4.74 Å². The molecule has 1 saturated heterocycles. The van der Waals surface area contributed by atoms with E-state index in [1.165, 1.54) is 32.1 Å². The van der Waals surface area contributed by atoms with Gasteiger partial charge in [0.2, 0.25) is 5.91 Å². The molecule has 0 aromatic rings. The number of amides is 1. The molecule has 0 unspecified atom stereocenters. The molecule has 20 heavy (non-hydrogen) atoms. The summed E-state index contributed by atoms with van der Waals surface area (Å²) in [6.45, 7) is 7.88. The van der Waals surface area contributed by atoms with Crippen LogP contribution in [-0.2, 0) is 9.53 Å². The summed E-state index contributed by atoms with van der Waals surface area (Å²) in [5.74, 6) is 1.43. The molecular formula is C17H31NO2. The van der Waals surface area contributed by atoms with Gasteiger partial charge in [0.1, 0.15) is 6.61 Å². The molecule has 1 aliphatic heterocycles. The van der Waals surface area contributed by atoms with Crippen molar-refractivity contribution in [2.24, 2.45) is 11.8 Å². The van der Waals surface area contributed by atoms with Gasteiger partial charge in [-0.2, -0.15) is 0 Å². The van der Waals surface area contributed by atoms with Crippen LogP contribution in [0.15, 0.2) is 0 Å². The Morgan fingerprint density at radius 2 is 1.80 bits per heavy atom. The average molecular weight is 281 g/mol. The van der Waals surface area contributed by atoms with Crippen LogP contribution in [0.1, 0.15) is 65.7 Å². The Bertz CT molecular complexity index is 318. The van der Waals surface area contributed by atoms with E-state index < -0.39 is 0 Å². The smallest absolute Gasteiger partial charge is 0.248 e. The zero-order valence-electron chi connectivity index (χ0n) is 13.4. The molecule has 0 spiro atoms. The molecule has 0 aromatic heterocycles. The zero-order chi connectivity index (χ0) is 14.5. The van der Waals surface area contributed by atoms with Crippen LogP contribution < -0.4 is 0 Å². The summed E-state index contributed by atoms with van der Waals surface area (Å²) < 4.78 is 5.94. The molecule has 2 rings (SSSR count). The van der Waals surface area contributed by atoms with E-state index in [9.17, 15) is 4.79 Å². The Kier molecular flexibility index (Phi) is 5.88. The van der Waals surface area contributed by atoms with Gasteiger partial charge in [-0.3, -0.25) is 4.79 Å². The van der Waals surface area contributed by atoms with Gasteiger partial charge in [0, 0.05) is 12.6 Å². The Hall–Kier alpha value is -0.570. The van der Waals surface area contributed by atoms with E-state index in [2.05, 4.69) is 25.7 Å². The van der Waals surface area contributed by atoms with E-state index in [0.717, 1.165) is 19.4 Å². The minimum Gasteiger partial charge on any atom is -0.368 e. The summed E-state index contributed by atoms with van der Waals surface area (Å²) in [6, 6.07) is 0.375. The second-order valence-electron chi connectivity index (χ2n) is 7.04. The first-order valence-electron chi connectivity index (χ1n) is 8.49. The van der Waals surface area contributed by atoms with Crippen LogP contribution in [0.2, 0.25) is 0 Å². The Balaban J connectivity index is 1.83. The normalized spacial score (nSPS) is 35.6. The van der Waals surface area contributed by atoms with Gasteiger partial charge < -0.3 is 9.64 Å². The number of rotatable bonds is 3. The SMILES string of the molecule is C[C@@H]1CCC[C@H](C)N(C(=O)CO[C@H]2CCCC[C@H]2C)C1. The van der Waals surface area contributed by atoms with Gasteiger partial charge in [-0.1, -0.05) is 33.1 Å². The van der Waals surface area contributed by atoms with Crippen molar-refractivity contribution in [2.75, 3.05) is 13.2 Å². The molecule has 3 heteroatoms. The van der Waals surface area contributed by atoms with Gasteiger partial charge in [0.15, 0.2) is 0 Å². The molecule has 1 amide bonds. The van der Waals surface area contributed by atoms with Gasteiger partial charge in [0.25, 0.3) is 0 Å². The fourth-order valence-corrected chi connectivity index (χ4v) is 3.66. The van der Waals surface area contributed by atoms with Crippen molar-refractivity contribution in [3.8, 4) is 0 Å². The summed E-state index contributed by atoms with van der Waals surface area (Å²) >= 11 is 0. The lowest BCUT2D eigenvalue weighted by atomic mass is 9.88. The molecule has 0 aromatic carbocycles. The van der Waals surface area contributed by atoms with Gasteiger partial charge >= 0.3 is 0 Å². The van der Waals surface area contributed by atoms with E-state index in [1.54, 1.807) is 0 Å². The van der Waals surface area contributed by atoms with Gasteiger partial charge in [0.05, 0.1) is 6.10 Å². The van der Waals surface area contributed by atoms with Crippen molar-refractivity contribution in [1.82, 2.24) is 4.90 Å². The maximum Gasteiger partial charge on any atom is 0.248 e. The second kappa shape index (κ2) is 7.44. The predicted octanol–water partition coefficient (Wildman–Crippen LogP) is 3.62. The topological polar surface area (TPSA) is 29.5 Å². The van der Waals surface area contributed by atoms with Crippen LogP contribution >= 0.6 is 0 Å². The predicted molar refractivity (Wildman–Crippen MR) is 81.6 cm³/mol. The Morgan fingerprint density at radius 1 is 1.05 bits per heavy atom. The first-order valence-corrected chi connectivity index (χ1v) is 8.49. The minimum atomic E-state index is 0.198. The Labute approximate surface area is 124 Å². The van der Waals surface area contributed by atoms with E-state index in [-0.39, 0.29) is 12.5 Å². The van der Waals surface area contributed by atoms with Crippen LogP contribution in [0, 0.1) is 11.8 Å². The minimum absolute atomic E-state index is 0.198. The van der Waals surface area contributed by atoms with E-state index >= 15 is 0 Å². The number of hydrogen-bond acceptors (Lipinski definition) is 2. The number of likely N-dealkylation sites (tertiary alicyclic amines) is 1. The summed E-state index contributed by atoms with van der Waals surface area (Å²) in [4.78, 5) is 14.5. The molecule has 2 aliphatic rings. The number of carbonyl (C=O) groups excluding carboxylic acids is 1. The summed E-state index contributed by atoms with van der Waals surface area (Å²) in [5.41, 5.74) is 0. The fraction of sp³-hybridized carbons (Fsp3) is 0.941. The number of carbonyl (C=O) groups is 1. The lowest BCUT2D eigenvalue weighted by molar-refractivity contribution is -0.142. The standard InChI is InChI=1S/C17H31NO2/c1-13-7-6-9-15(3)18(11-13)17(19)12-20-16-10-5-4-8-14(16)2/h13-16H,4-12H2,1-3H3/t13-,14-,15+,16+/m1/s1. The van der Waals surface area contributed by atoms with Crippen molar-refractivity contribution in [3.05, 3.63) is 0 Å². The number of ether oxygens (including phenoxy) is 1. The number of hydrogen-bond donors (Lipinski definition) is 0. The van der Waals surface area contributed by atoms with Crippen molar-refractivity contribution >= 4 is 5.91 Å². The molecule has 1 aliphatic carbocycles. The van der Waals surface area contributed by atoms with Crippen molar-refractivity contribution in [2.45, 2.75) is 77.9 Å². The van der Waals surface area contributed by atoms with Gasteiger partial charge in [-0.05, 0) is 44.4 Å². The first-order chi connectivity index (χ1) is 9.58. The molecule has 4 atom stereocenters. The molecule has 1 saturated carbocycles. The van der Waals surface area contributed by atoms with Crippen LogP contribution in [0.25, 0.3) is 0 Å². The first kappa shape index (κ1) is 15.8. The van der Waals surface area contributed by atoms with Crippen LogP contribution in [0.4, 0.5) is 0 Å². The van der Waals surface area contributed by atoms with Crippen molar-refractivity contribution in [3.63, 3.8) is 0 Å². The molecular weight excluding hydrogens is 250 g/mol. The summed E-state index contributed by atoms with van der Waals surface area (Å²) in [7, 11) is 0. The highest BCUT2D eigenvalue weighted by molar-refractivity contribution is 5.77.